The number of carbonyl (C=O) groups excluding carboxylic acids is 1. The van der Waals surface area contributed by atoms with Crippen LogP contribution in [0.2, 0.25) is 0 Å². The standard InChI is InChI=1S/C28H24N4O2.ClH/c1-34-20-9-11-25-24(17-20)30-28(26-7-4-14-32(25)26)12-15-31(16-13-28)27(33)23-10-8-19(18-29)21-5-2-3-6-22(21)23;/h2-11,14,17,30H,12-13,15-16H2,1H3;1H. The summed E-state index contributed by atoms with van der Waals surface area (Å²) in [5.74, 6) is 0.834. The first kappa shape index (κ1) is 22.8. The molecule has 1 fully saturated rings. The molecule has 7 heteroatoms. The van der Waals surface area contributed by atoms with Gasteiger partial charge in [-0.1, -0.05) is 24.3 Å². The molecule has 1 spiro atoms. The van der Waals surface area contributed by atoms with Gasteiger partial charge in [0, 0.05) is 42.0 Å². The number of nitriles is 1. The van der Waals surface area contributed by atoms with Gasteiger partial charge < -0.3 is 19.5 Å². The first-order valence-corrected chi connectivity index (χ1v) is 11.5. The lowest BCUT2D eigenvalue weighted by Crippen LogP contribution is -2.51. The van der Waals surface area contributed by atoms with Gasteiger partial charge in [0.2, 0.25) is 0 Å². The van der Waals surface area contributed by atoms with E-state index in [2.05, 4.69) is 40.3 Å². The topological polar surface area (TPSA) is 70.3 Å². The SMILES string of the molecule is COc1ccc2c(c1)NC1(CCN(C(=O)c3ccc(C#N)c4ccccc34)CC1)c1cccn1-2.Cl. The maximum atomic E-state index is 13.6. The van der Waals surface area contributed by atoms with Gasteiger partial charge in [-0.25, -0.2) is 0 Å². The minimum Gasteiger partial charge on any atom is -0.497 e. The quantitative estimate of drug-likeness (QED) is 0.408. The Hall–Kier alpha value is -3.95. The van der Waals surface area contributed by atoms with Crippen molar-refractivity contribution in [3.05, 3.63) is 89.7 Å². The highest BCUT2D eigenvalue weighted by atomic mass is 35.5. The minimum absolute atomic E-state index is 0. The van der Waals surface area contributed by atoms with Crippen LogP contribution in [0.25, 0.3) is 16.5 Å². The van der Waals surface area contributed by atoms with Gasteiger partial charge >= 0.3 is 0 Å². The molecule has 0 aliphatic carbocycles. The first-order chi connectivity index (χ1) is 16.6. The molecule has 0 saturated carbocycles. The number of halogens is 1. The number of benzene rings is 3. The Balaban J connectivity index is 0.00000253. The summed E-state index contributed by atoms with van der Waals surface area (Å²) in [5, 5.41) is 14.9. The molecule has 35 heavy (non-hydrogen) atoms. The Kier molecular flexibility index (Phi) is 5.66. The Morgan fingerprint density at radius 3 is 2.54 bits per heavy atom. The number of ether oxygens (including phenoxy) is 1. The zero-order chi connectivity index (χ0) is 23.3. The molecule has 1 saturated heterocycles. The van der Waals surface area contributed by atoms with E-state index in [1.165, 1.54) is 5.69 Å². The molecule has 2 aliphatic heterocycles. The molecule has 6 nitrogen and oxygen atoms in total. The van der Waals surface area contributed by atoms with Crippen LogP contribution in [0.5, 0.6) is 5.75 Å². The van der Waals surface area contributed by atoms with Crippen LogP contribution in [-0.2, 0) is 5.54 Å². The Morgan fingerprint density at radius 2 is 1.80 bits per heavy atom. The number of hydrogen-bond donors (Lipinski definition) is 1. The lowest BCUT2D eigenvalue weighted by Gasteiger charge is -2.46. The predicted molar refractivity (Wildman–Crippen MR) is 139 cm³/mol. The van der Waals surface area contributed by atoms with Crippen molar-refractivity contribution in [1.82, 2.24) is 9.47 Å². The highest BCUT2D eigenvalue weighted by Crippen LogP contribution is 2.44. The van der Waals surface area contributed by atoms with E-state index in [0.717, 1.165) is 40.7 Å². The second-order valence-electron chi connectivity index (χ2n) is 8.96. The number of methoxy groups -OCH3 is 1. The van der Waals surface area contributed by atoms with Gasteiger partial charge in [0.1, 0.15) is 5.75 Å². The van der Waals surface area contributed by atoms with Crippen molar-refractivity contribution < 1.29 is 9.53 Å². The third-order valence-corrected chi connectivity index (χ3v) is 7.26. The molecular weight excluding hydrogens is 460 g/mol. The molecule has 2 aliphatic rings. The molecule has 6 rings (SSSR count). The predicted octanol–water partition coefficient (Wildman–Crippen LogP) is 5.49. The highest BCUT2D eigenvalue weighted by molar-refractivity contribution is 6.08. The summed E-state index contributed by atoms with van der Waals surface area (Å²) >= 11 is 0. The molecule has 0 atom stereocenters. The fraction of sp³-hybridized carbons (Fsp3) is 0.214. The van der Waals surface area contributed by atoms with Crippen molar-refractivity contribution >= 4 is 34.8 Å². The van der Waals surface area contributed by atoms with Gasteiger partial charge in [-0.2, -0.15) is 5.26 Å². The lowest BCUT2D eigenvalue weighted by molar-refractivity contribution is 0.0678. The number of fused-ring (bicyclic) bond motifs is 5. The molecule has 1 aromatic heterocycles. The van der Waals surface area contributed by atoms with E-state index in [1.54, 1.807) is 19.2 Å². The highest BCUT2D eigenvalue weighted by Gasteiger charge is 2.42. The summed E-state index contributed by atoms with van der Waals surface area (Å²) < 4.78 is 7.70. The van der Waals surface area contributed by atoms with E-state index in [-0.39, 0.29) is 23.9 Å². The molecule has 176 valence electrons. The van der Waals surface area contributed by atoms with Crippen LogP contribution >= 0.6 is 12.4 Å². The van der Waals surface area contributed by atoms with Crippen LogP contribution in [0.4, 0.5) is 5.69 Å². The minimum atomic E-state index is -0.244. The fourth-order valence-electron chi connectivity index (χ4n) is 5.48. The number of piperidine rings is 1. The zero-order valence-corrected chi connectivity index (χ0v) is 20.1. The third kappa shape index (κ3) is 3.51. The maximum Gasteiger partial charge on any atom is 0.254 e. The van der Waals surface area contributed by atoms with Crippen molar-refractivity contribution in [2.75, 3.05) is 25.5 Å². The van der Waals surface area contributed by atoms with Gasteiger partial charge in [0.15, 0.2) is 0 Å². The molecule has 1 N–H and O–H groups in total. The average molecular weight is 485 g/mol. The summed E-state index contributed by atoms with van der Waals surface area (Å²) in [5.41, 5.74) is 4.37. The monoisotopic (exact) mass is 484 g/mol. The molecule has 0 bridgehead atoms. The number of nitrogens with one attached hydrogen (secondary N) is 1. The summed E-state index contributed by atoms with van der Waals surface area (Å²) in [6.45, 7) is 1.29. The van der Waals surface area contributed by atoms with Crippen molar-refractivity contribution in [3.8, 4) is 17.5 Å². The van der Waals surface area contributed by atoms with Crippen molar-refractivity contribution in [2.45, 2.75) is 18.4 Å². The number of nitrogens with zero attached hydrogens (tertiary/aromatic N) is 3. The number of anilines is 1. The first-order valence-electron chi connectivity index (χ1n) is 11.5. The van der Waals surface area contributed by atoms with Gasteiger partial charge in [0.05, 0.1) is 35.7 Å². The lowest BCUT2D eigenvalue weighted by atomic mass is 9.82. The zero-order valence-electron chi connectivity index (χ0n) is 19.3. The molecule has 4 aromatic rings. The molecule has 3 aromatic carbocycles. The molecule has 0 radical (unpaired) electrons. The van der Waals surface area contributed by atoms with Crippen LogP contribution in [0, 0.1) is 11.3 Å². The summed E-state index contributed by atoms with van der Waals surface area (Å²) in [6, 6.07) is 23.8. The second kappa shape index (κ2) is 8.68. The summed E-state index contributed by atoms with van der Waals surface area (Å²) in [6.07, 6.45) is 3.70. The van der Waals surface area contributed by atoms with E-state index in [9.17, 15) is 10.1 Å². The van der Waals surface area contributed by atoms with Crippen LogP contribution < -0.4 is 10.1 Å². The van der Waals surface area contributed by atoms with Gasteiger partial charge in [0.25, 0.3) is 5.91 Å². The second-order valence-corrected chi connectivity index (χ2v) is 8.96. The number of rotatable bonds is 2. The summed E-state index contributed by atoms with van der Waals surface area (Å²) in [7, 11) is 1.68. The Labute approximate surface area is 210 Å². The van der Waals surface area contributed by atoms with E-state index in [0.29, 0.717) is 24.2 Å². The van der Waals surface area contributed by atoms with Gasteiger partial charge in [-0.05, 0) is 54.6 Å². The fourth-order valence-corrected chi connectivity index (χ4v) is 5.48. The summed E-state index contributed by atoms with van der Waals surface area (Å²) in [4.78, 5) is 15.5. The van der Waals surface area contributed by atoms with E-state index < -0.39 is 0 Å². The largest absolute Gasteiger partial charge is 0.497 e. The van der Waals surface area contributed by atoms with E-state index in [4.69, 9.17) is 4.74 Å². The maximum absolute atomic E-state index is 13.6. The number of carbonyl (C=O) groups is 1. The molecule has 3 heterocycles. The number of aromatic nitrogens is 1. The smallest absolute Gasteiger partial charge is 0.254 e. The number of likely N-dealkylation sites (tertiary alicyclic amines) is 1. The van der Waals surface area contributed by atoms with Gasteiger partial charge in [-0.3, -0.25) is 4.79 Å². The third-order valence-electron chi connectivity index (χ3n) is 7.26. The van der Waals surface area contributed by atoms with E-state index in [1.807, 2.05) is 41.3 Å². The molecular formula is C28H25ClN4O2. The van der Waals surface area contributed by atoms with Crippen molar-refractivity contribution in [3.63, 3.8) is 0 Å². The van der Waals surface area contributed by atoms with Crippen LogP contribution in [0.1, 0.15) is 34.5 Å². The molecule has 0 unspecified atom stereocenters. The van der Waals surface area contributed by atoms with Gasteiger partial charge in [-0.15, -0.1) is 12.4 Å². The van der Waals surface area contributed by atoms with E-state index >= 15 is 0 Å². The Morgan fingerprint density at radius 1 is 1.03 bits per heavy atom. The van der Waals surface area contributed by atoms with Crippen molar-refractivity contribution in [1.29, 1.82) is 5.26 Å². The normalized spacial score (nSPS) is 15.4. The van der Waals surface area contributed by atoms with Crippen LogP contribution in [-0.4, -0.2) is 35.6 Å². The Bertz CT molecular complexity index is 1480. The van der Waals surface area contributed by atoms with Crippen LogP contribution in [0.15, 0.2) is 72.9 Å². The number of amides is 1. The molecule has 1 amide bonds. The van der Waals surface area contributed by atoms with Crippen molar-refractivity contribution in [2.24, 2.45) is 0 Å². The van der Waals surface area contributed by atoms with Crippen LogP contribution in [0.3, 0.4) is 0 Å². The number of hydrogen-bond acceptors (Lipinski definition) is 4. The average Bonchev–Trinajstić information content (AvgIpc) is 3.39.